The summed E-state index contributed by atoms with van der Waals surface area (Å²) in [6.07, 6.45) is 0.751. The van der Waals surface area contributed by atoms with Crippen molar-refractivity contribution in [3.05, 3.63) is 112 Å². The van der Waals surface area contributed by atoms with Crippen LogP contribution in [0.3, 0.4) is 0 Å². The van der Waals surface area contributed by atoms with Crippen molar-refractivity contribution >= 4 is 31.2 Å². The van der Waals surface area contributed by atoms with Crippen LogP contribution in [0, 0.1) is 0 Å². The number of fused-ring (bicyclic) bond motifs is 2. The molecule has 2 aliphatic heterocycles. The van der Waals surface area contributed by atoms with Gasteiger partial charge in [-0.2, -0.15) is 0 Å². The maximum Gasteiger partial charge on any atom is 0.211 e. The number of para-hydroxylation sites is 1. The zero-order valence-corrected chi connectivity index (χ0v) is 19.0. The van der Waals surface area contributed by atoms with Crippen LogP contribution in [-0.2, 0) is 19.7 Å². The van der Waals surface area contributed by atoms with Gasteiger partial charge in [0.25, 0.3) is 0 Å². The Kier molecular flexibility index (Phi) is 5.11. The molecular weight excluding hydrogens is 476 g/mol. The number of sulfone groups is 2. The summed E-state index contributed by atoms with van der Waals surface area (Å²) in [5.41, 5.74) is 0.0497. The molecule has 0 saturated heterocycles. The third-order valence-electron chi connectivity index (χ3n) is 5.52. The standard InChI is InChI=1S/C25H16O7S2/c26-24-18-10-4-6-12-20(18)33(28,29)22(24)14-17(32-16-8-2-1-3-9-16)15-23-25(27)19-11-5-7-13-21(19)34(23,30)31/h1-15,17H. The predicted octanol–water partition coefficient (Wildman–Crippen LogP) is 3.54. The summed E-state index contributed by atoms with van der Waals surface area (Å²) in [4.78, 5) is 24.5. The summed E-state index contributed by atoms with van der Waals surface area (Å²) >= 11 is 0. The first-order valence-corrected chi connectivity index (χ1v) is 13.1. The molecule has 0 saturated carbocycles. The lowest BCUT2D eigenvalue weighted by molar-refractivity contribution is 0.103. The molecule has 0 spiro atoms. The van der Waals surface area contributed by atoms with Crippen molar-refractivity contribution in [1.29, 1.82) is 0 Å². The van der Waals surface area contributed by atoms with Crippen molar-refractivity contribution < 1.29 is 31.2 Å². The van der Waals surface area contributed by atoms with E-state index in [0.29, 0.717) is 5.75 Å². The molecular formula is C25H16O7S2. The highest BCUT2D eigenvalue weighted by Gasteiger charge is 2.41. The van der Waals surface area contributed by atoms with Gasteiger partial charge in [-0.3, -0.25) is 9.59 Å². The third-order valence-corrected chi connectivity index (χ3v) is 9.19. The normalized spacial score (nSPS) is 20.8. The SMILES string of the molecule is O=C1C(=CC(C=C2C(=O)c3ccccc3S2(=O)=O)Oc2ccccc2)S(=O)(=O)c2ccccc21. The van der Waals surface area contributed by atoms with Gasteiger partial charge in [0.2, 0.25) is 31.2 Å². The summed E-state index contributed by atoms with van der Waals surface area (Å²) in [5.74, 6) is -1.15. The zero-order valence-electron chi connectivity index (χ0n) is 17.4. The molecule has 2 heterocycles. The Bertz CT molecular complexity index is 1530. The number of hydrogen-bond donors (Lipinski definition) is 0. The number of ether oxygens (including phenoxy) is 1. The minimum Gasteiger partial charge on any atom is -0.482 e. The topological polar surface area (TPSA) is 112 Å². The number of benzene rings is 3. The van der Waals surface area contributed by atoms with Gasteiger partial charge in [0.15, 0.2) is 0 Å². The van der Waals surface area contributed by atoms with Crippen LogP contribution in [0.15, 0.2) is 111 Å². The first kappa shape index (κ1) is 22.0. The Hall–Kier alpha value is -3.82. The summed E-state index contributed by atoms with van der Waals surface area (Å²) in [7, 11) is -8.29. The number of hydrogen-bond acceptors (Lipinski definition) is 7. The van der Waals surface area contributed by atoms with Crippen LogP contribution in [0.5, 0.6) is 5.75 Å². The third kappa shape index (κ3) is 3.41. The second kappa shape index (κ2) is 7.89. The van der Waals surface area contributed by atoms with E-state index in [2.05, 4.69) is 0 Å². The molecule has 7 nitrogen and oxygen atoms in total. The molecule has 0 aliphatic carbocycles. The highest BCUT2D eigenvalue weighted by atomic mass is 32.2. The second-order valence-corrected chi connectivity index (χ2v) is 11.4. The largest absolute Gasteiger partial charge is 0.482 e. The molecule has 0 fully saturated rings. The number of rotatable bonds is 4. The molecule has 5 rings (SSSR count). The summed E-state index contributed by atoms with van der Waals surface area (Å²) in [5, 5.41) is 0. The van der Waals surface area contributed by atoms with Crippen LogP contribution in [0.4, 0.5) is 0 Å². The molecule has 3 aromatic rings. The monoisotopic (exact) mass is 492 g/mol. The smallest absolute Gasteiger partial charge is 0.211 e. The van der Waals surface area contributed by atoms with E-state index in [-0.39, 0.29) is 20.9 Å². The molecule has 9 heteroatoms. The Morgan fingerprint density at radius 2 is 1.00 bits per heavy atom. The summed E-state index contributed by atoms with van der Waals surface area (Å²) in [6, 6.07) is 19.8. The lowest BCUT2D eigenvalue weighted by atomic mass is 10.1. The van der Waals surface area contributed by atoms with Crippen molar-refractivity contribution in [2.75, 3.05) is 0 Å². The highest BCUT2D eigenvalue weighted by molar-refractivity contribution is 7.97. The van der Waals surface area contributed by atoms with E-state index in [1.165, 1.54) is 36.4 Å². The van der Waals surface area contributed by atoms with E-state index in [0.717, 1.165) is 12.2 Å². The Labute approximate surface area is 195 Å². The van der Waals surface area contributed by atoms with Gasteiger partial charge < -0.3 is 4.74 Å². The van der Waals surface area contributed by atoms with E-state index < -0.39 is 47.2 Å². The highest BCUT2D eigenvalue weighted by Crippen LogP contribution is 2.37. The Morgan fingerprint density at radius 3 is 1.44 bits per heavy atom. The number of allylic oxidation sites excluding steroid dienone is 2. The van der Waals surface area contributed by atoms with Crippen LogP contribution >= 0.6 is 0 Å². The van der Waals surface area contributed by atoms with Gasteiger partial charge in [-0.25, -0.2) is 16.8 Å². The molecule has 3 aromatic carbocycles. The van der Waals surface area contributed by atoms with Crippen molar-refractivity contribution in [1.82, 2.24) is 0 Å². The van der Waals surface area contributed by atoms with Crippen LogP contribution in [-0.4, -0.2) is 34.5 Å². The number of Topliss-reactive ketones (excluding diaryl/α,β-unsaturated/α-hetero) is 2. The molecule has 0 amide bonds. The molecule has 0 bridgehead atoms. The van der Waals surface area contributed by atoms with Crippen LogP contribution in [0.2, 0.25) is 0 Å². The number of ketones is 2. The quantitative estimate of drug-likeness (QED) is 0.512. The van der Waals surface area contributed by atoms with Crippen molar-refractivity contribution in [3.8, 4) is 5.75 Å². The fraction of sp³-hybridized carbons (Fsp3) is 0.0400. The van der Waals surface area contributed by atoms with E-state index >= 15 is 0 Å². The molecule has 0 unspecified atom stereocenters. The minimum atomic E-state index is -4.14. The first-order valence-electron chi connectivity index (χ1n) is 10.1. The Balaban J connectivity index is 1.66. The fourth-order valence-electron chi connectivity index (χ4n) is 3.92. The van der Waals surface area contributed by atoms with E-state index in [9.17, 15) is 26.4 Å². The first-order chi connectivity index (χ1) is 16.2. The van der Waals surface area contributed by atoms with E-state index in [4.69, 9.17) is 4.74 Å². The Morgan fingerprint density at radius 1 is 0.588 bits per heavy atom. The maximum absolute atomic E-state index is 13.0. The summed E-state index contributed by atoms with van der Waals surface area (Å²) < 4.78 is 58.0. The van der Waals surface area contributed by atoms with Gasteiger partial charge in [-0.1, -0.05) is 42.5 Å². The number of carbonyl (C=O) groups is 2. The van der Waals surface area contributed by atoms with Crippen molar-refractivity contribution in [2.45, 2.75) is 15.9 Å². The molecule has 34 heavy (non-hydrogen) atoms. The second-order valence-electron chi connectivity index (χ2n) is 7.61. The van der Waals surface area contributed by atoms with Gasteiger partial charge in [0, 0.05) is 11.1 Å². The lowest BCUT2D eigenvalue weighted by Gasteiger charge is -2.14. The molecule has 2 aliphatic rings. The van der Waals surface area contributed by atoms with Crippen molar-refractivity contribution in [2.24, 2.45) is 0 Å². The number of carbonyl (C=O) groups excluding carboxylic acids is 2. The predicted molar refractivity (Wildman–Crippen MR) is 123 cm³/mol. The van der Waals surface area contributed by atoms with Gasteiger partial charge in [-0.15, -0.1) is 0 Å². The van der Waals surface area contributed by atoms with E-state index in [1.807, 2.05) is 0 Å². The molecule has 0 N–H and O–H groups in total. The lowest BCUT2D eigenvalue weighted by Crippen LogP contribution is -2.17. The van der Waals surface area contributed by atoms with Crippen LogP contribution in [0.1, 0.15) is 20.7 Å². The van der Waals surface area contributed by atoms with Gasteiger partial charge >= 0.3 is 0 Å². The van der Waals surface area contributed by atoms with Gasteiger partial charge in [-0.05, 0) is 48.6 Å². The molecule has 0 radical (unpaired) electrons. The molecule has 0 atom stereocenters. The maximum atomic E-state index is 13.0. The average molecular weight is 493 g/mol. The fourth-order valence-corrected chi connectivity index (χ4v) is 7.15. The van der Waals surface area contributed by atoms with Crippen molar-refractivity contribution in [3.63, 3.8) is 0 Å². The summed E-state index contributed by atoms with van der Waals surface area (Å²) in [6.45, 7) is 0. The average Bonchev–Trinajstić information content (AvgIpc) is 3.14. The van der Waals surface area contributed by atoms with Crippen LogP contribution in [0.25, 0.3) is 0 Å². The zero-order chi connectivity index (χ0) is 24.1. The minimum absolute atomic E-state index is 0.0248. The van der Waals surface area contributed by atoms with Gasteiger partial charge in [0.1, 0.15) is 21.7 Å². The van der Waals surface area contributed by atoms with Gasteiger partial charge in [0.05, 0.1) is 9.79 Å². The molecule has 0 aromatic heterocycles. The van der Waals surface area contributed by atoms with Crippen LogP contribution < -0.4 is 4.74 Å². The molecule has 170 valence electrons. The van der Waals surface area contributed by atoms with E-state index in [1.54, 1.807) is 42.5 Å².